The van der Waals surface area contributed by atoms with Gasteiger partial charge in [-0.3, -0.25) is 4.68 Å². The van der Waals surface area contributed by atoms with Gasteiger partial charge < -0.3 is 10.2 Å². The van der Waals surface area contributed by atoms with Crippen molar-refractivity contribution in [3.8, 4) is 0 Å². The van der Waals surface area contributed by atoms with Crippen molar-refractivity contribution in [2.24, 2.45) is 0 Å². The van der Waals surface area contributed by atoms with Crippen LogP contribution in [0.25, 0.3) is 0 Å². The Hall–Kier alpha value is -1.97. The van der Waals surface area contributed by atoms with Crippen molar-refractivity contribution in [2.45, 2.75) is 39.3 Å². The molecule has 0 spiro atoms. The highest BCUT2D eigenvalue weighted by molar-refractivity contribution is 5.55. The molecule has 1 aliphatic heterocycles. The quantitative estimate of drug-likeness (QED) is 0.912. The molecule has 0 bridgehead atoms. The molecule has 1 aromatic carbocycles. The van der Waals surface area contributed by atoms with Gasteiger partial charge in [0.25, 0.3) is 0 Å². The molecule has 4 nitrogen and oxygen atoms in total. The second kappa shape index (κ2) is 6.66. The molecule has 0 unspecified atom stereocenters. The van der Waals surface area contributed by atoms with Gasteiger partial charge in [-0.25, -0.2) is 0 Å². The maximum atomic E-state index is 4.29. The van der Waals surface area contributed by atoms with Crippen LogP contribution in [-0.2, 0) is 13.1 Å². The Morgan fingerprint density at radius 2 is 1.86 bits per heavy atom. The van der Waals surface area contributed by atoms with Crippen molar-refractivity contribution in [1.82, 2.24) is 9.78 Å². The molecule has 0 radical (unpaired) electrons. The molecule has 1 N–H and O–H groups in total. The minimum atomic E-state index is 0.822. The highest BCUT2D eigenvalue weighted by Crippen LogP contribution is 2.22. The van der Waals surface area contributed by atoms with E-state index in [1.165, 1.54) is 49.3 Å². The lowest BCUT2D eigenvalue weighted by atomic mass is 10.1. The fraction of sp³-hybridized carbons (Fsp3) is 0.471. The minimum Gasteiger partial charge on any atom is -0.381 e. The zero-order chi connectivity index (χ0) is 14.5. The van der Waals surface area contributed by atoms with Gasteiger partial charge in [0.2, 0.25) is 0 Å². The van der Waals surface area contributed by atoms with E-state index < -0.39 is 0 Å². The van der Waals surface area contributed by atoms with Crippen molar-refractivity contribution in [3.63, 3.8) is 0 Å². The molecule has 1 aromatic heterocycles. The van der Waals surface area contributed by atoms with Gasteiger partial charge in [0.15, 0.2) is 0 Å². The zero-order valence-corrected chi connectivity index (χ0v) is 12.8. The lowest BCUT2D eigenvalue weighted by molar-refractivity contribution is 0.578. The van der Waals surface area contributed by atoms with Gasteiger partial charge in [-0.15, -0.1) is 0 Å². The molecular weight excluding hydrogens is 260 g/mol. The number of hydrogen-bond donors (Lipinski definition) is 1. The molecule has 2 heterocycles. The Morgan fingerprint density at radius 3 is 2.52 bits per heavy atom. The number of hydrogen-bond acceptors (Lipinski definition) is 3. The Bertz CT molecular complexity index is 552. The van der Waals surface area contributed by atoms with Gasteiger partial charge in [0.1, 0.15) is 0 Å². The average molecular weight is 284 g/mol. The summed E-state index contributed by atoms with van der Waals surface area (Å²) >= 11 is 0. The maximum Gasteiger partial charge on any atom is 0.0539 e. The van der Waals surface area contributed by atoms with Crippen LogP contribution in [0.15, 0.2) is 36.7 Å². The third kappa shape index (κ3) is 3.57. The number of nitrogens with one attached hydrogen (secondary N) is 1. The lowest BCUT2D eigenvalue weighted by Gasteiger charge is -2.28. The van der Waals surface area contributed by atoms with Crippen LogP contribution in [0.1, 0.15) is 31.7 Å². The predicted octanol–water partition coefficient (Wildman–Crippen LogP) is 3.51. The molecular formula is C17H24N4. The number of piperidine rings is 1. The first-order chi connectivity index (χ1) is 10.3. The monoisotopic (exact) mass is 284 g/mol. The van der Waals surface area contributed by atoms with Gasteiger partial charge in [-0.05, 0) is 50.5 Å². The summed E-state index contributed by atoms with van der Waals surface area (Å²) < 4.78 is 1.95. The van der Waals surface area contributed by atoms with Gasteiger partial charge in [-0.1, -0.05) is 0 Å². The van der Waals surface area contributed by atoms with Crippen LogP contribution < -0.4 is 10.2 Å². The molecule has 3 rings (SSSR count). The van der Waals surface area contributed by atoms with E-state index in [1.807, 2.05) is 10.9 Å². The van der Waals surface area contributed by atoms with Gasteiger partial charge in [-0.2, -0.15) is 5.10 Å². The van der Waals surface area contributed by atoms with E-state index in [9.17, 15) is 0 Å². The standard InChI is InChI=1S/C17H24N4/c1-2-21-14-15(13-19-21)12-18-16-6-8-17(9-7-16)20-10-4-3-5-11-20/h6-9,13-14,18H,2-5,10-12H2,1H3. The minimum absolute atomic E-state index is 0.822. The number of rotatable bonds is 5. The van der Waals surface area contributed by atoms with Gasteiger partial charge in [0, 0.05) is 49.3 Å². The first-order valence-electron chi connectivity index (χ1n) is 7.95. The summed E-state index contributed by atoms with van der Waals surface area (Å²) in [6.07, 6.45) is 8.04. The summed E-state index contributed by atoms with van der Waals surface area (Å²) in [5.74, 6) is 0. The number of anilines is 2. The molecule has 1 saturated heterocycles. The van der Waals surface area contributed by atoms with Crippen LogP contribution in [0.2, 0.25) is 0 Å². The summed E-state index contributed by atoms with van der Waals surface area (Å²) in [4.78, 5) is 2.48. The van der Waals surface area contributed by atoms with E-state index in [0.717, 1.165) is 13.1 Å². The van der Waals surface area contributed by atoms with Gasteiger partial charge >= 0.3 is 0 Å². The maximum absolute atomic E-state index is 4.29. The lowest BCUT2D eigenvalue weighted by Crippen LogP contribution is -2.29. The predicted molar refractivity (Wildman–Crippen MR) is 87.7 cm³/mol. The Morgan fingerprint density at radius 1 is 1.10 bits per heavy atom. The van der Waals surface area contributed by atoms with Crippen molar-refractivity contribution in [2.75, 3.05) is 23.3 Å². The van der Waals surface area contributed by atoms with Crippen LogP contribution in [0.3, 0.4) is 0 Å². The van der Waals surface area contributed by atoms with E-state index in [0.29, 0.717) is 0 Å². The molecule has 2 aromatic rings. The van der Waals surface area contributed by atoms with Crippen molar-refractivity contribution < 1.29 is 0 Å². The summed E-state index contributed by atoms with van der Waals surface area (Å²) in [6.45, 7) is 6.24. The first kappa shape index (κ1) is 14.0. The van der Waals surface area contributed by atoms with Crippen molar-refractivity contribution >= 4 is 11.4 Å². The van der Waals surface area contributed by atoms with Crippen LogP contribution >= 0.6 is 0 Å². The number of aromatic nitrogens is 2. The normalized spacial score (nSPS) is 15.2. The zero-order valence-electron chi connectivity index (χ0n) is 12.8. The number of benzene rings is 1. The largest absolute Gasteiger partial charge is 0.381 e. The SMILES string of the molecule is CCn1cc(CNc2ccc(N3CCCCC3)cc2)cn1. The highest BCUT2D eigenvalue weighted by Gasteiger charge is 2.10. The number of aryl methyl sites for hydroxylation is 1. The smallest absolute Gasteiger partial charge is 0.0539 e. The van der Waals surface area contributed by atoms with Crippen LogP contribution in [0, 0.1) is 0 Å². The Balaban J connectivity index is 1.56. The summed E-state index contributed by atoms with van der Waals surface area (Å²) in [6, 6.07) is 8.80. The molecule has 21 heavy (non-hydrogen) atoms. The summed E-state index contributed by atoms with van der Waals surface area (Å²) in [5.41, 5.74) is 3.73. The average Bonchev–Trinajstić information content (AvgIpc) is 3.02. The third-order valence-electron chi connectivity index (χ3n) is 4.10. The van der Waals surface area contributed by atoms with Crippen LogP contribution in [0.4, 0.5) is 11.4 Å². The molecule has 112 valence electrons. The second-order valence-corrected chi connectivity index (χ2v) is 5.65. The summed E-state index contributed by atoms with van der Waals surface area (Å²) in [7, 11) is 0. The van der Waals surface area contributed by atoms with Crippen molar-refractivity contribution in [3.05, 3.63) is 42.2 Å². The fourth-order valence-electron chi connectivity index (χ4n) is 2.82. The molecule has 1 aliphatic rings. The van der Waals surface area contributed by atoms with E-state index in [4.69, 9.17) is 0 Å². The van der Waals surface area contributed by atoms with Crippen LogP contribution in [0.5, 0.6) is 0 Å². The van der Waals surface area contributed by atoms with Crippen LogP contribution in [-0.4, -0.2) is 22.9 Å². The Labute approximate surface area is 126 Å². The Kier molecular flexibility index (Phi) is 4.43. The molecule has 0 aliphatic carbocycles. The molecule has 0 saturated carbocycles. The first-order valence-corrected chi connectivity index (χ1v) is 7.95. The fourth-order valence-corrected chi connectivity index (χ4v) is 2.82. The van der Waals surface area contributed by atoms with E-state index in [1.54, 1.807) is 0 Å². The molecule has 0 amide bonds. The number of nitrogens with zero attached hydrogens (tertiary/aromatic N) is 3. The summed E-state index contributed by atoms with van der Waals surface area (Å²) in [5, 5.41) is 7.75. The third-order valence-corrected chi connectivity index (χ3v) is 4.10. The molecule has 1 fully saturated rings. The topological polar surface area (TPSA) is 33.1 Å². The van der Waals surface area contributed by atoms with Gasteiger partial charge in [0.05, 0.1) is 6.20 Å². The van der Waals surface area contributed by atoms with Crippen molar-refractivity contribution in [1.29, 1.82) is 0 Å². The molecule has 0 atom stereocenters. The molecule has 4 heteroatoms. The second-order valence-electron chi connectivity index (χ2n) is 5.65. The highest BCUT2D eigenvalue weighted by atomic mass is 15.3. The van der Waals surface area contributed by atoms with E-state index in [-0.39, 0.29) is 0 Å². The van der Waals surface area contributed by atoms with E-state index in [2.05, 4.69) is 52.7 Å². The van der Waals surface area contributed by atoms with E-state index >= 15 is 0 Å².